The lowest BCUT2D eigenvalue weighted by atomic mass is 10.1. The van der Waals surface area contributed by atoms with Crippen molar-refractivity contribution in [3.8, 4) is 0 Å². The van der Waals surface area contributed by atoms with Gasteiger partial charge in [0.2, 0.25) is 0 Å². The van der Waals surface area contributed by atoms with Crippen LogP contribution in [0.5, 0.6) is 0 Å². The van der Waals surface area contributed by atoms with Gasteiger partial charge in [-0.05, 0) is 25.5 Å². The Kier molecular flexibility index (Phi) is 5.22. The predicted molar refractivity (Wildman–Crippen MR) is 87.5 cm³/mol. The summed E-state index contributed by atoms with van der Waals surface area (Å²) in [6.45, 7) is 7.68. The van der Waals surface area contributed by atoms with Gasteiger partial charge in [-0.1, -0.05) is 11.2 Å². The highest BCUT2D eigenvalue weighted by Crippen LogP contribution is 2.15. The molecule has 1 atom stereocenters. The summed E-state index contributed by atoms with van der Waals surface area (Å²) < 4.78 is 10.6. The van der Waals surface area contributed by atoms with E-state index in [-0.39, 0.29) is 11.9 Å². The van der Waals surface area contributed by atoms with Crippen molar-refractivity contribution in [3.05, 3.63) is 47.1 Å². The zero-order valence-electron chi connectivity index (χ0n) is 14.0. The lowest BCUT2D eigenvalue weighted by Gasteiger charge is -2.25. The molecule has 0 spiro atoms. The molecule has 0 aromatic carbocycles. The number of pyridine rings is 1. The maximum atomic E-state index is 12.4. The van der Waals surface area contributed by atoms with E-state index in [0.29, 0.717) is 18.0 Å². The van der Waals surface area contributed by atoms with Crippen LogP contribution in [0.2, 0.25) is 0 Å². The smallest absolute Gasteiger partial charge is 0.273 e. The number of carbonyl (C=O) groups excluding carboxylic acids is 1. The molecule has 128 valence electrons. The monoisotopic (exact) mass is 330 g/mol. The van der Waals surface area contributed by atoms with Crippen molar-refractivity contribution in [2.45, 2.75) is 26.4 Å². The molecule has 1 amide bonds. The number of rotatable bonds is 5. The van der Waals surface area contributed by atoms with Crippen LogP contribution in [0, 0.1) is 6.92 Å². The molecule has 3 heterocycles. The third kappa shape index (κ3) is 3.98. The number of ether oxygens (including phenoxy) is 1. The van der Waals surface area contributed by atoms with Crippen LogP contribution in [0.4, 0.5) is 0 Å². The van der Waals surface area contributed by atoms with E-state index in [1.807, 2.05) is 26.0 Å². The Bertz CT molecular complexity index is 695. The van der Waals surface area contributed by atoms with Crippen molar-refractivity contribution in [1.82, 2.24) is 20.4 Å². The Morgan fingerprint density at radius 1 is 1.42 bits per heavy atom. The number of hydrogen-bond acceptors (Lipinski definition) is 6. The zero-order valence-corrected chi connectivity index (χ0v) is 14.0. The molecule has 0 unspecified atom stereocenters. The molecule has 0 saturated carbocycles. The van der Waals surface area contributed by atoms with Gasteiger partial charge < -0.3 is 14.6 Å². The van der Waals surface area contributed by atoms with E-state index >= 15 is 0 Å². The van der Waals surface area contributed by atoms with Gasteiger partial charge in [0.15, 0.2) is 11.5 Å². The van der Waals surface area contributed by atoms with Crippen LogP contribution in [0.1, 0.15) is 40.5 Å². The number of nitrogens with one attached hydrogen (secondary N) is 1. The quantitative estimate of drug-likeness (QED) is 0.899. The van der Waals surface area contributed by atoms with Crippen LogP contribution in [0.25, 0.3) is 0 Å². The molecular formula is C17H22N4O3. The van der Waals surface area contributed by atoms with Gasteiger partial charge in [0, 0.05) is 25.4 Å². The van der Waals surface area contributed by atoms with E-state index in [2.05, 4.69) is 20.4 Å². The average molecular weight is 330 g/mol. The largest absolute Gasteiger partial charge is 0.379 e. The van der Waals surface area contributed by atoms with Crippen molar-refractivity contribution in [3.63, 3.8) is 0 Å². The number of aromatic nitrogens is 2. The van der Waals surface area contributed by atoms with Gasteiger partial charge in [0.1, 0.15) is 0 Å². The molecule has 0 radical (unpaired) electrons. The highest BCUT2D eigenvalue weighted by Gasteiger charge is 2.19. The first kappa shape index (κ1) is 16.6. The summed E-state index contributed by atoms with van der Waals surface area (Å²) in [5.74, 6) is 0.424. The SMILES string of the molecule is Cc1cccnc1[C@@H](C)NC(=O)c1cc(CN2CCOCC2)on1. The Balaban J connectivity index is 1.60. The van der Waals surface area contributed by atoms with Crippen LogP contribution in [-0.4, -0.2) is 47.3 Å². The van der Waals surface area contributed by atoms with Gasteiger partial charge in [-0.2, -0.15) is 0 Å². The highest BCUT2D eigenvalue weighted by atomic mass is 16.5. The summed E-state index contributed by atoms with van der Waals surface area (Å²) >= 11 is 0. The summed E-state index contributed by atoms with van der Waals surface area (Å²) in [6.07, 6.45) is 1.72. The van der Waals surface area contributed by atoms with Crippen LogP contribution in [-0.2, 0) is 11.3 Å². The molecule has 2 aromatic heterocycles. The van der Waals surface area contributed by atoms with Gasteiger partial charge in [0.05, 0.1) is 31.5 Å². The van der Waals surface area contributed by atoms with Crippen LogP contribution >= 0.6 is 0 Å². The van der Waals surface area contributed by atoms with E-state index in [9.17, 15) is 4.79 Å². The molecule has 1 aliphatic heterocycles. The van der Waals surface area contributed by atoms with Crippen molar-refractivity contribution in [2.24, 2.45) is 0 Å². The first-order valence-electron chi connectivity index (χ1n) is 8.11. The normalized spacial score (nSPS) is 16.8. The number of carbonyl (C=O) groups is 1. The number of hydrogen-bond donors (Lipinski definition) is 1. The van der Waals surface area contributed by atoms with E-state index in [1.165, 1.54) is 0 Å². The number of nitrogens with zero attached hydrogens (tertiary/aromatic N) is 3. The van der Waals surface area contributed by atoms with E-state index < -0.39 is 0 Å². The minimum atomic E-state index is -0.260. The molecular weight excluding hydrogens is 308 g/mol. The van der Waals surface area contributed by atoms with Gasteiger partial charge in [-0.25, -0.2) is 0 Å². The lowest BCUT2D eigenvalue weighted by molar-refractivity contribution is 0.0305. The van der Waals surface area contributed by atoms with Gasteiger partial charge in [-0.15, -0.1) is 0 Å². The van der Waals surface area contributed by atoms with Crippen molar-refractivity contribution >= 4 is 5.91 Å². The molecule has 1 saturated heterocycles. The first-order valence-corrected chi connectivity index (χ1v) is 8.11. The fourth-order valence-corrected chi connectivity index (χ4v) is 2.76. The van der Waals surface area contributed by atoms with Crippen molar-refractivity contribution in [2.75, 3.05) is 26.3 Å². The molecule has 3 rings (SSSR count). The van der Waals surface area contributed by atoms with Crippen LogP contribution in [0.3, 0.4) is 0 Å². The van der Waals surface area contributed by atoms with Gasteiger partial charge in [-0.3, -0.25) is 14.7 Å². The summed E-state index contributed by atoms with van der Waals surface area (Å²) in [6, 6.07) is 5.35. The summed E-state index contributed by atoms with van der Waals surface area (Å²) in [5, 5.41) is 6.80. The Morgan fingerprint density at radius 2 is 2.21 bits per heavy atom. The Hall–Kier alpha value is -2.25. The topological polar surface area (TPSA) is 80.5 Å². The Labute approximate surface area is 141 Å². The van der Waals surface area contributed by atoms with E-state index in [1.54, 1.807) is 12.3 Å². The number of morpholine rings is 1. The molecule has 0 bridgehead atoms. The van der Waals surface area contributed by atoms with Crippen LogP contribution in [0.15, 0.2) is 28.9 Å². The molecule has 7 heteroatoms. The highest BCUT2D eigenvalue weighted by molar-refractivity contribution is 5.92. The second kappa shape index (κ2) is 7.55. The number of aryl methyl sites for hydroxylation is 1. The van der Waals surface area contributed by atoms with Gasteiger partial charge in [0.25, 0.3) is 5.91 Å². The van der Waals surface area contributed by atoms with Crippen LogP contribution < -0.4 is 5.32 Å². The summed E-state index contributed by atoms with van der Waals surface area (Å²) in [4.78, 5) is 18.9. The third-order valence-electron chi connectivity index (χ3n) is 4.08. The number of amides is 1. The Morgan fingerprint density at radius 3 is 2.96 bits per heavy atom. The standard InChI is InChI=1S/C17H22N4O3/c1-12-4-3-5-18-16(12)13(2)19-17(22)15-10-14(24-20-15)11-21-6-8-23-9-7-21/h3-5,10,13H,6-9,11H2,1-2H3,(H,19,22)/t13-/m1/s1. The molecule has 24 heavy (non-hydrogen) atoms. The van der Waals surface area contributed by atoms with Crippen molar-refractivity contribution < 1.29 is 14.1 Å². The average Bonchev–Trinajstić information content (AvgIpc) is 3.04. The van der Waals surface area contributed by atoms with Gasteiger partial charge >= 0.3 is 0 Å². The minimum absolute atomic E-state index is 0.196. The second-order valence-corrected chi connectivity index (χ2v) is 5.97. The maximum Gasteiger partial charge on any atom is 0.273 e. The molecule has 1 aliphatic rings. The molecule has 0 aliphatic carbocycles. The maximum absolute atomic E-state index is 12.4. The summed E-state index contributed by atoms with van der Waals surface area (Å²) in [7, 11) is 0. The summed E-state index contributed by atoms with van der Waals surface area (Å²) in [5.41, 5.74) is 2.18. The first-order chi connectivity index (χ1) is 11.6. The molecule has 1 fully saturated rings. The fourth-order valence-electron chi connectivity index (χ4n) is 2.76. The molecule has 2 aromatic rings. The zero-order chi connectivity index (χ0) is 16.9. The lowest BCUT2D eigenvalue weighted by Crippen LogP contribution is -2.35. The molecule has 7 nitrogen and oxygen atoms in total. The predicted octanol–water partition coefficient (Wildman–Crippen LogP) is 1.70. The second-order valence-electron chi connectivity index (χ2n) is 5.97. The minimum Gasteiger partial charge on any atom is -0.379 e. The fraction of sp³-hybridized carbons (Fsp3) is 0.471. The molecule has 1 N–H and O–H groups in total. The van der Waals surface area contributed by atoms with E-state index in [4.69, 9.17) is 9.26 Å². The van der Waals surface area contributed by atoms with E-state index in [0.717, 1.165) is 37.6 Å². The third-order valence-corrected chi connectivity index (χ3v) is 4.08. The van der Waals surface area contributed by atoms with Crippen molar-refractivity contribution in [1.29, 1.82) is 0 Å².